The van der Waals surface area contributed by atoms with Gasteiger partial charge in [-0.15, -0.1) is 0 Å². The highest BCUT2D eigenvalue weighted by atomic mass is 32.2. The van der Waals surface area contributed by atoms with Crippen LogP contribution in [0.15, 0.2) is 39.9 Å². The maximum Gasteiger partial charge on any atom is 0.416 e. The van der Waals surface area contributed by atoms with Crippen molar-refractivity contribution in [1.29, 1.82) is 0 Å². The second-order valence-corrected chi connectivity index (χ2v) is 6.07. The Morgan fingerprint density at radius 3 is 2.53 bits per heavy atom. The van der Waals surface area contributed by atoms with Gasteiger partial charge in [-0.25, -0.2) is 0 Å². The monoisotopic (exact) mass is 305 g/mol. The zero-order valence-corrected chi connectivity index (χ0v) is 11.2. The molecule has 0 radical (unpaired) electrons. The molecule has 1 unspecified atom stereocenters. The molecule has 0 aliphatic rings. The van der Waals surface area contributed by atoms with Gasteiger partial charge in [-0.1, -0.05) is 0 Å². The number of halogens is 3. The predicted molar refractivity (Wildman–Crippen MR) is 70.3 cm³/mol. The van der Waals surface area contributed by atoms with Crippen LogP contribution in [0.4, 0.5) is 18.9 Å². The fraction of sp³-hybridized carbons (Fsp3) is 0.167. The molecule has 1 atom stereocenters. The molecule has 0 fully saturated rings. The van der Waals surface area contributed by atoms with E-state index < -0.39 is 22.5 Å². The fourth-order valence-electron chi connectivity index (χ4n) is 1.54. The summed E-state index contributed by atoms with van der Waals surface area (Å²) >= 11 is 1.47. The van der Waals surface area contributed by atoms with Crippen LogP contribution in [-0.4, -0.2) is 4.21 Å². The molecule has 2 rings (SSSR count). The molecule has 0 amide bonds. The Bertz CT molecular complexity index is 594. The second-order valence-electron chi connectivity index (χ2n) is 3.87. The summed E-state index contributed by atoms with van der Waals surface area (Å²) in [6, 6.07) is 4.72. The van der Waals surface area contributed by atoms with Crippen molar-refractivity contribution >= 4 is 27.8 Å². The van der Waals surface area contributed by atoms with Crippen LogP contribution in [-0.2, 0) is 22.7 Å². The highest BCUT2D eigenvalue weighted by Crippen LogP contribution is 2.32. The summed E-state index contributed by atoms with van der Waals surface area (Å²) in [6.45, 7) is 0. The lowest BCUT2D eigenvalue weighted by Gasteiger charge is -2.10. The van der Waals surface area contributed by atoms with Crippen molar-refractivity contribution in [2.24, 2.45) is 0 Å². The zero-order valence-electron chi connectivity index (χ0n) is 9.61. The van der Waals surface area contributed by atoms with E-state index in [9.17, 15) is 17.4 Å². The summed E-state index contributed by atoms with van der Waals surface area (Å²) < 4.78 is 49.5. The van der Waals surface area contributed by atoms with Gasteiger partial charge in [0.05, 0.1) is 27.0 Å². The van der Waals surface area contributed by atoms with Crippen molar-refractivity contribution in [3.63, 3.8) is 0 Å². The predicted octanol–water partition coefficient (Wildman–Crippen LogP) is 3.66. The van der Waals surface area contributed by atoms with Crippen LogP contribution in [0.25, 0.3) is 0 Å². The van der Waals surface area contributed by atoms with Crippen LogP contribution in [0.3, 0.4) is 0 Å². The lowest BCUT2D eigenvalue weighted by molar-refractivity contribution is -0.137. The number of hydrogen-bond donors (Lipinski definition) is 1. The molecule has 0 aliphatic carbocycles. The molecule has 1 aromatic carbocycles. The van der Waals surface area contributed by atoms with Gasteiger partial charge in [0, 0.05) is 5.69 Å². The van der Waals surface area contributed by atoms with Gasteiger partial charge in [-0.05, 0) is 40.6 Å². The topological polar surface area (TPSA) is 43.1 Å². The van der Waals surface area contributed by atoms with E-state index >= 15 is 0 Å². The number of nitrogen functional groups attached to an aromatic ring is 1. The molecule has 1 aromatic heterocycles. The SMILES string of the molecule is Nc1cc(C(F)(F)F)ccc1S(=O)Cc1ccsc1. The minimum atomic E-state index is -4.44. The molecular formula is C12H10F3NOS2. The van der Waals surface area contributed by atoms with Gasteiger partial charge < -0.3 is 5.73 Å². The molecule has 2 N–H and O–H groups in total. The first kappa shape index (κ1) is 14.1. The Morgan fingerprint density at radius 1 is 1.26 bits per heavy atom. The third-order valence-corrected chi connectivity index (χ3v) is 4.65. The first-order valence-electron chi connectivity index (χ1n) is 5.24. The normalized spacial score (nSPS) is 13.4. The third kappa shape index (κ3) is 3.36. The fourth-order valence-corrected chi connectivity index (χ4v) is 3.49. The van der Waals surface area contributed by atoms with E-state index in [4.69, 9.17) is 5.73 Å². The molecule has 0 saturated heterocycles. The van der Waals surface area contributed by atoms with E-state index in [1.54, 1.807) is 0 Å². The molecule has 0 bridgehead atoms. The largest absolute Gasteiger partial charge is 0.416 e. The Hall–Kier alpha value is -1.34. The van der Waals surface area contributed by atoms with E-state index in [0.717, 1.165) is 17.7 Å². The van der Waals surface area contributed by atoms with Crippen LogP contribution in [0.1, 0.15) is 11.1 Å². The van der Waals surface area contributed by atoms with Crippen LogP contribution >= 0.6 is 11.3 Å². The molecule has 0 spiro atoms. The molecule has 2 aromatic rings. The first-order valence-corrected chi connectivity index (χ1v) is 7.50. The van der Waals surface area contributed by atoms with E-state index in [-0.39, 0.29) is 16.3 Å². The number of thiophene rings is 1. The second kappa shape index (κ2) is 5.34. The first-order chi connectivity index (χ1) is 8.88. The van der Waals surface area contributed by atoms with Crippen LogP contribution < -0.4 is 5.73 Å². The molecule has 2 nitrogen and oxygen atoms in total. The lowest BCUT2D eigenvalue weighted by Crippen LogP contribution is -2.07. The van der Waals surface area contributed by atoms with Crippen molar-refractivity contribution in [1.82, 2.24) is 0 Å². The number of hydrogen-bond acceptors (Lipinski definition) is 3. The number of benzene rings is 1. The highest BCUT2D eigenvalue weighted by Gasteiger charge is 2.31. The Labute approximate surface area is 114 Å². The summed E-state index contributed by atoms with van der Waals surface area (Å²) in [5.41, 5.74) is 5.51. The maximum absolute atomic E-state index is 12.5. The van der Waals surface area contributed by atoms with Gasteiger partial charge in [0.15, 0.2) is 0 Å². The third-order valence-electron chi connectivity index (χ3n) is 2.46. The van der Waals surface area contributed by atoms with Crippen molar-refractivity contribution < 1.29 is 17.4 Å². The van der Waals surface area contributed by atoms with Gasteiger partial charge in [0.1, 0.15) is 0 Å². The molecule has 0 saturated carbocycles. The standard InChI is InChI=1S/C12H10F3NOS2/c13-12(14,15)9-1-2-11(10(16)5-9)19(17)7-8-3-4-18-6-8/h1-6H,7,16H2. The average Bonchev–Trinajstić information content (AvgIpc) is 2.80. The van der Waals surface area contributed by atoms with Crippen molar-refractivity contribution in [2.75, 3.05) is 5.73 Å². The van der Waals surface area contributed by atoms with E-state index in [2.05, 4.69) is 0 Å². The number of rotatable bonds is 3. The van der Waals surface area contributed by atoms with Crippen molar-refractivity contribution in [3.05, 3.63) is 46.2 Å². The molecule has 102 valence electrons. The summed E-state index contributed by atoms with van der Waals surface area (Å²) in [7, 11) is -1.45. The molecule has 0 aliphatic heterocycles. The number of alkyl halides is 3. The van der Waals surface area contributed by atoms with Crippen LogP contribution in [0.2, 0.25) is 0 Å². The quantitative estimate of drug-likeness (QED) is 0.880. The Morgan fingerprint density at radius 2 is 2.00 bits per heavy atom. The lowest BCUT2D eigenvalue weighted by atomic mass is 10.2. The summed E-state index contributed by atoms with van der Waals surface area (Å²) in [5.74, 6) is 0.249. The van der Waals surface area contributed by atoms with Crippen LogP contribution in [0, 0.1) is 0 Å². The maximum atomic E-state index is 12.5. The number of nitrogens with two attached hydrogens (primary N) is 1. The van der Waals surface area contributed by atoms with Crippen LogP contribution in [0.5, 0.6) is 0 Å². The van der Waals surface area contributed by atoms with Gasteiger partial charge in [-0.3, -0.25) is 4.21 Å². The summed E-state index contributed by atoms with van der Waals surface area (Å²) in [4.78, 5) is 0.235. The molecule has 19 heavy (non-hydrogen) atoms. The molecule has 1 heterocycles. The highest BCUT2D eigenvalue weighted by molar-refractivity contribution is 7.84. The van der Waals surface area contributed by atoms with Gasteiger partial charge >= 0.3 is 6.18 Å². The molecular weight excluding hydrogens is 295 g/mol. The van der Waals surface area contributed by atoms with Gasteiger partial charge in [0.2, 0.25) is 0 Å². The summed E-state index contributed by atoms with van der Waals surface area (Å²) in [5, 5.41) is 3.70. The van der Waals surface area contributed by atoms with Crippen molar-refractivity contribution in [3.8, 4) is 0 Å². The Kier molecular flexibility index (Phi) is 3.96. The van der Waals surface area contributed by atoms with E-state index in [1.807, 2.05) is 16.8 Å². The van der Waals surface area contributed by atoms with Gasteiger partial charge in [0.25, 0.3) is 0 Å². The molecule has 7 heteroatoms. The summed E-state index contributed by atoms with van der Waals surface area (Å²) in [6.07, 6.45) is -4.44. The van der Waals surface area contributed by atoms with E-state index in [1.165, 1.54) is 17.4 Å². The van der Waals surface area contributed by atoms with Gasteiger partial charge in [-0.2, -0.15) is 24.5 Å². The minimum absolute atomic E-state index is 0.0941. The zero-order chi connectivity index (χ0) is 14.0. The number of anilines is 1. The average molecular weight is 305 g/mol. The smallest absolute Gasteiger partial charge is 0.398 e. The van der Waals surface area contributed by atoms with Crippen molar-refractivity contribution in [2.45, 2.75) is 16.8 Å². The minimum Gasteiger partial charge on any atom is -0.398 e. The van der Waals surface area contributed by atoms with E-state index in [0.29, 0.717) is 0 Å². The Balaban J connectivity index is 2.24.